The Labute approximate surface area is 184 Å². The van der Waals surface area contributed by atoms with Crippen LogP contribution in [-0.2, 0) is 0 Å². The summed E-state index contributed by atoms with van der Waals surface area (Å²) in [5.41, 5.74) is 1.49. The summed E-state index contributed by atoms with van der Waals surface area (Å²) in [4.78, 5) is 0. The van der Waals surface area contributed by atoms with Crippen molar-refractivity contribution >= 4 is 11.6 Å². The second kappa shape index (κ2) is 13.0. The third-order valence-electron chi connectivity index (χ3n) is 7.88. The van der Waals surface area contributed by atoms with Gasteiger partial charge in [-0.05, 0) is 73.5 Å². The Hall–Kier alpha value is -0.560. The maximum atomic E-state index is 12.1. The molecule has 0 aromatic heterocycles. The topological polar surface area (TPSA) is 0 Å². The molecule has 2 aliphatic carbocycles. The van der Waals surface area contributed by atoms with E-state index in [1.807, 2.05) is 12.1 Å². The van der Waals surface area contributed by atoms with Gasteiger partial charge < -0.3 is 0 Å². The molecule has 2 heteroatoms. The Balaban J connectivity index is 1.23. The van der Waals surface area contributed by atoms with Gasteiger partial charge in [-0.3, -0.25) is 4.39 Å². The lowest BCUT2D eigenvalue weighted by atomic mass is 9.74. The van der Waals surface area contributed by atoms with Crippen molar-refractivity contribution in [3.05, 3.63) is 34.9 Å². The van der Waals surface area contributed by atoms with E-state index in [1.165, 1.54) is 95.5 Å². The van der Waals surface area contributed by atoms with Crippen molar-refractivity contribution in [3.8, 4) is 0 Å². The van der Waals surface area contributed by atoms with Crippen LogP contribution >= 0.6 is 11.6 Å². The SMILES string of the molecule is FCCCCCCC[C@H]1CC[C@H](CCC2CCC(c3ccc(Cl)cc3)CC2)CC1. The number of hydrogen-bond donors (Lipinski definition) is 0. The van der Waals surface area contributed by atoms with Crippen molar-refractivity contribution in [2.45, 2.75) is 109 Å². The minimum Gasteiger partial charge on any atom is -0.251 e. The largest absolute Gasteiger partial charge is 0.251 e. The molecule has 164 valence electrons. The van der Waals surface area contributed by atoms with E-state index in [0.717, 1.165) is 41.5 Å². The second-order valence-electron chi connectivity index (χ2n) is 9.98. The van der Waals surface area contributed by atoms with Crippen LogP contribution in [0.15, 0.2) is 24.3 Å². The first-order valence-corrected chi connectivity index (χ1v) is 12.9. The smallest absolute Gasteiger partial charge is 0.0894 e. The maximum absolute atomic E-state index is 12.1. The van der Waals surface area contributed by atoms with Crippen LogP contribution in [-0.4, -0.2) is 6.67 Å². The molecule has 0 radical (unpaired) electrons. The zero-order valence-electron chi connectivity index (χ0n) is 18.4. The fourth-order valence-electron chi connectivity index (χ4n) is 5.86. The van der Waals surface area contributed by atoms with Crippen LogP contribution in [0.3, 0.4) is 0 Å². The van der Waals surface area contributed by atoms with Gasteiger partial charge in [-0.25, -0.2) is 0 Å². The van der Waals surface area contributed by atoms with E-state index in [1.54, 1.807) is 0 Å². The minimum absolute atomic E-state index is 0.131. The van der Waals surface area contributed by atoms with E-state index < -0.39 is 0 Å². The second-order valence-corrected chi connectivity index (χ2v) is 10.4. The first kappa shape index (κ1) is 23.1. The van der Waals surface area contributed by atoms with Crippen molar-refractivity contribution in [2.24, 2.45) is 17.8 Å². The number of halogens is 2. The quantitative estimate of drug-likeness (QED) is 0.312. The highest BCUT2D eigenvalue weighted by Gasteiger charge is 2.25. The molecule has 1 aromatic carbocycles. The average molecular weight is 421 g/mol. The molecule has 29 heavy (non-hydrogen) atoms. The van der Waals surface area contributed by atoms with Gasteiger partial charge in [-0.15, -0.1) is 0 Å². The number of unbranched alkanes of at least 4 members (excludes halogenated alkanes) is 4. The normalized spacial score (nSPS) is 27.8. The van der Waals surface area contributed by atoms with Gasteiger partial charge in [0.05, 0.1) is 6.67 Å². The summed E-state index contributed by atoms with van der Waals surface area (Å²) in [6.07, 6.45) is 21.6. The number of rotatable bonds is 11. The average Bonchev–Trinajstić information content (AvgIpc) is 2.76. The summed E-state index contributed by atoms with van der Waals surface area (Å²) < 4.78 is 12.1. The molecule has 0 saturated heterocycles. The van der Waals surface area contributed by atoms with Crippen molar-refractivity contribution < 1.29 is 4.39 Å². The molecule has 0 aliphatic heterocycles. The van der Waals surface area contributed by atoms with E-state index in [4.69, 9.17) is 11.6 Å². The summed E-state index contributed by atoms with van der Waals surface area (Å²) in [5.74, 6) is 3.73. The Morgan fingerprint density at radius 2 is 1.10 bits per heavy atom. The first-order valence-electron chi connectivity index (χ1n) is 12.6. The molecular formula is C27H42ClF. The molecule has 0 amide bonds. The summed E-state index contributed by atoms with van der Waals surface area (Å²) in [5, 5.41) is 0.853. The molecule has 0 unspecified atom stereocenters. The third-order valence-corrected chi connectivity index (χ3v) is 8.14. The van der Waals surface area contributed by atoms with E-state index in [-0.39, 0.29) is 6.67 Å². The fourth-order valence-corrected chi connectivity index (χ4v) is 5.98. The highest BCUT2D eigenvalue weighted by molar-refractivity contribution is 6.30. The van der Waals surface area contributed by atoms with Crippen LogP contribution in [0.4, 0.5) is 4.39 Å². The van der Waals surface area contributed by atoms with Gasteiger partial charge in [-0.1, -0.05) is 94.4 Å². The van der Waals surface area contributed by atoms with Crippen LogP contribution in [0.2, 0.25) is 5.02 Å². The van der Waals surface area contributed by atoms with Gasteiger partial charge in [-0.2, -0.15) is 0 Å². The zero-order chi connectivity index (χ0) is 20.3. The summed E-state index contributed by atoms with van der Waals surface area (Å²) in [6, 6.07) is 8.56. The third kappa shape index (κ3) is 8.23. The van der Waals surface area contributed by atoms with Crippen LogP contribution in [0, 0.1) is 17.8 Å². The lowest BCUT2D eigenvalue weighted by Gasteiger charge is -2.32. The van der Waals surface area contributed by atoms with E-state index in [2.05, 4.69) is 12.1 Å². The molecule has 2 saturated carbocycles. The Morgan fingerprint density at radius 3 is 1.69 bits per heavy atom. The highest BCUT2D eigenvalue weighted by atomic mass is 35.5. The standard InChI is InChI=1S/C27H42ClF/c28-27-19-17-26(18-20-27)25-15-13-24(14-16-25)12-11-23-9-7-22(8-10-23)6-4-2-1-3-5-21-29/h17-20,22-25H,1-16,21H2/t22-,23-,24?,25?. The van der Waals surface area contributed by atoms with Gasteiger partial charge in [0, 0.05) is 5.02 Å². The van der Waals surface area contributed by atoms with Crippen LogP contribution < -0.4 is 0 Å². The van der Waals surface area contributed by atoms with Crippen molar-refractivity contribution in [1.29, 1.82) is 0 Å². The lowest BCUT2D eigenvalue weighted by Crippen LogP contribution is -2.17. The molecule has 0 spiro atoms. The molecule has 1 aromatic rings. The molecule has 0 heterocycles. The molecule has 2 fully saturated rings. The van der Waals surface area contributed by atoms with Gasteiger partial charge in [0.2, 0.25) is 0 Å². The first-order chi connectivity index (χ1) is 14.2. The molecule has 0 bridgehead atoms. The van der Waals surface area contributed by atoms with E-state index in [0.29, 0.717) is 0 Å². The monoisotopic (exact) mass is 420 g/mol. The van der Waals surface area contributed by atoms with Gasteiger partial charge >= 0.3 is 0 Å². The van der Waals surface area contributed by atoms with Gasteiger partial charge in [0.15, 0.2) is 0 Å². The van der Waals surface area contributed by atoms with Crippen molar-refractivity contribution in [3.63, 3.8) is 0 Å². The summed E-state index contributed by atoms with van der Waals surface area (Å²) in [6.45, 7) is -0.131. The summed E-state index contributed by atoms with van der Waals surface area (Å²) in [7, 11) is 0. The van der Waals surface area contributed by atoms with Gasteiger partial charge in [0.25, 0.3) is 0 Å². The predicted octanol–water partition coefficient (Wildman–Crippen LogP) is 9.51. The van der Waals surface area contributed by atoms with Crippen molar-refractivity contribution in [2.75, 3.05) is 6.67 Å². The number of benzene rings is 1. The number of alkyl halides is 1. The van der Waals surface area contributed by atoms with Crippen LogP contribution in [0.1, 0.15) is 114 Å². The molecule has 2 aliphatic rings. The zero-order valence-corrected chi connectivity index (χ0v) is 19.2. The Morgan fingerprint density at radius 1 is 0.621 bits per heavy atom. The highest BCUT2D eigenvalue weighted by Crippen LogP contribution is 2.40. The molecule has 0 N–H and O–H groups in total. The Kier molecular flexibility index (Phi) is 10.3. The lowest BCUT2D eigenvalue weighted by molar-refractivity contribution is 0.222. The Bertz CT molecular complexity index is 538. The van der Waals surface area contributed by atoms with Crippen LogP contribution in [0.5, 0.6) is 0 Å². The van der Waals surface area contributed by atoms with Crippen molar-refractivity contribution in [1.82, 2.24) is 0 Å². The minimum atomic E-state index is -0.131. The van der Waals surface area contributed by atoms with Crippen LogP contribution in [0.25, 0.3) is 0 Å². The fraction of sp³-hybridized carbons (Fsp3) is 0.778. The predicted molar refractivity (Wildman–Crippen MR) is 125 cm³/mol. The molecular weight excluding hydrogens is 379 g/mol. The summed E-state index contributed by atoms with van der Waals surface area (Å²) >= 11 is 6.03. The molecule has 0 atom stereocenters. The van der Waals surface area contributed by atoms with E-state index in [9.17, 15) is 4.39 Å². The van der Waals surface area contributed by atoms with Gasteiger partial charge in [0.1, 0.15) is 0 Å². The van der Waals surface area contributed by atoms with E-state index >= 15 is 0 Å². The molecule has 0 nitrogen and oxygen atoms in total. The molecule has 3 rings (SSSR count). The number of hydrogen-bond acceptors (Lipinski definition) is 0. The maximum Gasteiger partial charge on any atom is 0.0894 e.